The molecule has 0 aromatic carbocycles. The highest BCUT2D eigenvalue weighted by Crippen LogP contribution is 2.27. The van der Waals surface area contributed by atoms with E-state index in [-0.39, 0.29) is 6.54 Å². The summed E-state index contributed by atoms with van der Waals surface area (Å²) in [5.41, 5.74) is 0. The largest absolute Gasteiger partial charge is 0.480 e. The normalized spacial score (nSPS) is 25.2. The van der Waals surface area contributed by atoms with Gasteiger partial charge in [0.15, 0.2) is 0 Å². The van der Waals surface area contributed by atoms with Crippen molar-refractivity contribution >= 4 is 5.97 Å². The molecule has 2 fully saturated rings. The highest BCUT2D eigenvalue weighted by molar-refractivity contribution is 5.69. The van der Waals surface area contributed by atoms with Gasteiger partial charge in [-0.15, -0.1) is 0 Å². The minimum atomic E-state index is -0.705. The molecule has 1 atom stereocenters. The standard InChI is InChI=1S/C12H21NO3/c14-12(15)9-13(10-5-6-10)7-1-3-11-4-2-8-16-11/h10-11H,1-9H2,(H,14,15). The van der Waals surface area contributed by atoms with Crippen LogP contribution in [0.2, 0.25) is 0 Å². The molecule has 0 aromatic rings. The topological polar surface area (TPSA) is 49.8 Å². The van der Waals surface area contributed by atoms with Gasteiger partial charge in [-0.25, -0.2) is 0 Å². The van der Waals surface area contributed by atoms with Gasteiger partial charge in [0.25, 0.3) is 0 Å². The number of nitrogens with zero attached hydrogens (tertiary/aromatic N) is 1. The van der Waals surface area contributed by atoms with Crippen LogP contribution in [0.1, 0.15) is 38.5 Å². The van der Waals surface area contributed by atoms with E-state index in [1.54, 1.807) is 0 Å². The number of carboxylic acid groups (broad SMARTS) is 1. The van der Waals surface area contributed by atoms with Gasteiger partial charge in [0.05, 0.1) is 12.6 Å². The van der Waals surface area contributed by atoms with Crippen LogP contribution in [-0.2, 0) is 9.53 Å². The van der Waals surface area contributed by atoms with E-state index in [0.29, 0.717) is 12.1 Å². The Labute approximate surface area is 96.6 Å². The van der Waals surface area contributed by atoms with Crippen molar-refractivity contribution < 1.29 is 14.6 Å². The quantitative estimate of drug-likeness (QED) is 0.716. The molecule has 0 amide bonds. The van der Waals surface area contributed by atoms with Gasteiger partial charge in [0.2, 0.25) is 0 Å². The van der Waals surface area contributed by atoms with Crippen molar-refractivity contribution in [2.45, 2.75) is 50.7 Å². The molecule has 1 N–H and O–H groups in total. The first-order valence-electron chi connectivity index (χ1n) is 6.33. The Morgan fingerprint density at radius 2 is 2.19 bits per heavy atom. The van der Waals surface area contributed by atoms with Gasteiger partial charge in [-0.05, 0) is 45.1 Å². The van der Waals surface area contributed by atoms with Crippen LogP contribution in [-0.4, -0.2) is 47.8 Å². The van der Waals surface area contributed by atoms with E-state index in [1.807, 2.05) is 0 Å². The van der Waals surface area contributed by atoms with Gasteiger partial charge >= 0.3 is 5.97 Å². The van der Waals surface area contributed by atoms with Crippen LogP contribution in [0.25, 0.3) is 0 Å². The summed E-state index contributed by atoms with van der Waals surface area (Å²) >= 11 is 0. The first-order chi connectivity index (χ1) is 7.75. The molecule has 1 saturated heterocycles. The fourth-order valence-electron chi connectivity index (χ4n) is 2.40. The molecular weight excluding hydrogens is 206 g/mol. The number of rotatable bonds is 7. The fourth-order valence-corrected chi connectivity index (χ4v) is 2.40. The van der Waals surface area contributed by atoms with Gasteiger partial charge in [0.1, 0.15) is 0 Å². The van der Waals surface area contributed by atoms with Gasteiger partial charge in [0, 0.05) is 12.6 Å². The molecule has 0 aromatic heterocycles. The van der Waals surface area contributed by atoms with Crippen LogP contribution in [0.3, 0.4) is 0 Å². The van der Waals surface area contributed by atoms with Gasteiger partial charge in [-0.1, -0.05) is 0 Å². The van der Waals surface area contributed by atoms with E-state index in [9.17, 15) is 4.79 Å². The number of hydrogen-bond acceptors (Lipinski definition) is 3. The van der Waals surface area contributed by atoms with Crippen molar-refractivity contribution in [3.63, 3.8) is 0 Å². The summed E-state index contributed by atoms with van der Waals surface area (Å²) in [6.07, 6.45) is 7.30. The van der Waals surface area contributed by atoms with Crippen LogP contribution < -0.4 is 0 Å². The number of carboxylic acids is 1. The maximum atomic E-state index is 10.7. The van der Waals surface area contributed by atoms with E-state index < -0.39 is 5.97 Å². The summed E-state index contributed by atoms with van der Waals surface area (Å²) in [7, 11) is 0. The van der Waals surface area contributed by atoms with Crippen LogP contribution >= 0.6 is 0 Å². The van der Waals surface area contributed by atoms with Gasteiger partial charge in [-0.3, -0.25) is 9.69 Å². The zero-order valence-corrected chi connectivity index (χ0v) is 9.73. The SMILES string of the molecule is O=C(O)CN(CCCC1CCCO1)C1CC1. The van der Waals surface area contributed by atoms with E-state index in [4.69, 9.17) is 9.84 Å². The predicted molar refractivity (Wildman–Crippen MR) is 60.4 cm³/mol. The average molecular weight is 227 g/mol. The molecule has 1 unspecified atom stereocenters. The summed E-state index contributed by atoms with van der Waals surface area (Å²) in [5, 5.41) is 8.81. The first kappa shape index (κ1) is 11.9. The molecule has 16 heavy (non-hydrogen) atoms. The molecule has 1 aliphatic heterocycles. The third kappa shape index (κ3) is 3.76. The monoisotopic (exact) mass is 227 g/mol. The smallest absolute Gasteiger partial charge is 0.317 e. The van der Waals surface area contributed by atoms with Crippen molar-refractivity contribution in [2.24, 2.45) is 0 Å². The van der Waals surface area contributed by atoms with Crippen molar-refractivity contribution in [3.8, 4) is 0 Å². The second-order valence-electron chi connectivity index (χ2n) is 4.87. The molecule has 2 rings (SSSR count). The van der Waals surface area contributed by atoms with Crippen molar-refractivity contribution in [3.05, 3.63) is 0 Å². The van der Waals surface area contributed by atoms with Crippen LogP contribution in [0, 0.1) is 0 Å². The maximum absolute atomic E-state index is 10.7. The lowest BCUT2D eigenvalue weighted by Crippen LogP contribution is -2.33. The summed E-state index contributed by atoms with van der Waals surface area (Å²) in [6.45, 7) is 2.03. The highest BCUT2D eigenvalue weighted by atomic mass is 16.5. The average Bonchev–Trinajstić information content (AvgIpc) is 2.95. The second-order valence-corrected chi connectivity index (χ2v) is 4.87. The lowest BCUT2D eigenvalue weighted by molar-refractivity contribution is -0.138. The molecule has 1 saturated carbocycles. The van der Waals surface area contributed by atoms with Crippen molar-refractivity contribution in [2.75, 3.05) is 19.7 Å². The minimum absolute atomic E-state index is 0.205. The second kappa shape index (κ2) is 5.64. The lowest BCUT2D eigenvalue weighted by Gasteiger charge is -2.20. The van der Waals surface area contributed by atoms with E-state index in [0.717, 1.165) is 26.0 Å². The summed E-state index contributed by atoms with van der Waals surface area (Å²) < 4.78 is 5.56. The predicted octanol–water partition coefficient (Wildman–Crippen LogP) is 1.49. The van der Waals surface area contributed by atoms with Gasteiger partial charge < -0.3 is 9.84 Å². The molecule has 0 radical (unpaired) electrons. The fraction of sp³-hybridized carbons (Fsp3) is 0.917. The zero-order valence-electron chi connectivity index (χ0n) is 9.73. The molecule has 4 heteroatoms. The number of aliphatic carboxylic acids is 1. The Kier molecular flexibility index (Phi) is 4.18. The van der Waals surface area contributed by atoms with E-state index in [1.165, 1.54) is 25.7 Å². The van der Waals surface area contributed by atoms with Crippen molar-refractivity contribution in [1.29, 1.82) is 0 Å². The maximum Gasteiger partial charge on any atom is 0.317 e. The van der Waals surface area contributed by atoms with Crippen LogP contribution in [0.4, 0.5) is 0 Å². The number of ether oxygens (including phenoxy) is 1. The van der Waals surface area contributed by atoms with Crippen molar-refractivity contribution in [1.82, 2.24) is 4.90 Å². The Balaban J connectivity index is 1.63. The van der Waals surface area contributed by atoms with Crippen LogP contribution in [0.15, 0.2) is 0 Å². The molecule has 0 spiro atoms. The van der Waals surface area contributed by atoms with E-state index >= 15 is 0 Å². The molecule has 4 nitrogen and oxygen atoms in total. The summed E-state index contributed by atoms with van der Waals surface area (Å²) in [6, 6.07) is 0.542. The van der Waals surface area contributed by atoms with Gasteiger partial charge in [-0.2, -0.15) is 0 Å². The Hall–Kier alpha value is -0.610. The molecule has 0 bridgehead atoms. The molecular formula is C12H21NO3. The lowest BCUT2D eigenvalue weighted by atomic mass is 10.1. The number of carbonyl (C=O) groups is 1. The molecule has 1 heterocycles. The van der Waals surface area contributed by atoms with E-state index in [2.05, 4.69) is 4.90 Å². The molecule has 1 aliphatic carbocycles. The highest BCUT2D eigenvalue weighted by Gasteiger charge is 2.30. The third-order valence-electron chi connectivity index (χ3n) is 3.40. The Morgan fingerprint density at radius 1 is 1.38 bits per heavy atom. The Morgan fingerprint density at radius 3 is 2.75 bits per heavy atom. The summed E-state index contributed by atoms with van der Waals surface area (Å²) in [4.78, 5) is 12.8. The number of hydrogen-bond donors (Lipinski definition) is 1. The minimum Gasteiger partial charge on any atom is -0.480 e. The molecule has 2 aliphatic rings. The Bertz CT molecular complexity index is 234. The van der Waals surface area contributed by atoms with Crippen LogP contribution in [0.5, 0.6) is 0 Å². The third-order valence-corrected chi connectivity index (χ3v) is 3.40. The molecule has 92 valence electrons. The summed E-state index contributed by atoms with van der Waals surface area (Å²) in [5.74, 6) is -0.705. The first-order valence-corrected chi connectivity index (χ1v) is 6.33. The zero-order chi connectivity index (χ0) is 11.4.